The van der Waals surface area contributed by atoms with E-state index in [2.05, 4.69) is 0 Å². The number of hydrogen-bond acceptors (Lipinski definition) is 4. The van der Waals surface area contributed by atoms with Crippen LogP contribution in [0.2, 0.25) is 5.02 Å². The number of carbonyl (C=O) groups excluding carboxylic acids is 1. The Bertz CT molecular complexity index is 719. The molecule has 0 saturated heterocycles. The van der Waals surface area contributed by atoms with Crippen molar-refractivity contribution >= 4 is 27.6 Å². The van der Waals surface area contributed by atoms with Crippen LogP contribution in [0.15, 0.2) is 17.0 Å². The third kappa shape index (κ3) is 3.62. The summed E-state index contributed by atoms with van der Waals surface area (Å²) in [5, 5.41) is 1.69. The van der Waals surface area contributed by atoms with Gasteiger partial charge in [-0.1, -0.05) is 11.6 Å². The molecule has 0 spiro atoms. The Labute approximate surface area is 128 Å². The van der Waals surface area contributed by atoms with Gasteiger partial charge in [0.2, 0.25) is 0 Å². The van der Waals surface area contributed by atoms with Gasteiger partial charge in [0.25, 0.3) is 10.1 Å². The van der Waals surface area contributed by atoms with Gasteiger partial charge < -0.3 is 10.1 Å². The lowest BCUT2D eigenvalue weighted by molar-refractivity contribution is -0.174. The van der Waals surface area contributed by atoms with Crippen LogP contribution in [0.5, 0.6) is 5.75 Å². The third-order valence-corrected chi connectivity index (χ3v) is 3.94. The largest absolute Gasteiger partial charge is 0.490 e. The lowest BCUT2D eigenvalue weighted by Crippen LogP contribution is -2.48. The molecule has 0 saturated carbocycles. The molecule has 1 aliphatic heterocycles. The fourth-order valence-electron chi connectivity index (χ4n) is 2.00. The molecule has 1 aromatic carbocycles. The van der Waals surface area contributed by atoms with Crippen molar-refractivity contribution < 1.29 is 35.7 Å². The van der Waals surface area contributed by atoms with Crippen LogP contribution in [0, 0.1) is 0 Å². The highest BCUT2D eigenvalue weighted by atomic mass is 35.5. The zero-order valence-corrected chi connectivity index (χ0v) is 12.2. The van der Waals surface area contributed by atoms with E-state index in [1.54, 1.807) is 5.32 Å². The Morgan fingerprint density at radius 2 is 2.05 bits per heavy atom. The molecule has 0 unspecified atom stereocenters. The zero-order chi connectivity index (χ0) is 16.7. The first kappa shape index (κ1) is 16.8. The summed E-state index contributed by atoms with van der Waals surface area (Å²) in [5.74, 6) is -2.31. The molecule has 22 heavy (non-hydrogen) atoms. The number of alkyl halides is 3. The average Bonchev–Trinajstić information content (AvgIpc) is 2.35. The van der Waals surface area contributed by atoms with Crippen LogP contribution in [-0.4, -0.2) is 37.7 Å². The number of carbonyl (C=O) groups is 1. The maximum atomic E-state index is 12.2. The van der Waals surface area contributed by atoms with Gasteiger partial charge in [0.05, 0.1) is 6.04 Å². The van der Waals surface area contributed by atoms with E-state index in [0.717, 1.165) is 6.07 Å². The number of halogens is 4. The Morgan fingerprint density at radius 3 is 2.59 bits per heavy atom. The number of fused-ring (bicyclic) bond motifs is 1. The van der Waals surface area contributed by atoms with E-state index in [1.807, 2.05) is 0 Å². The van der Waals surface area contributed by atoms with E-state index < -0.39 is 33.1 Å². The number of rotatable bonds is 2. The summed E-state index contributed by atoms with van der Waals surface area (Å²) in [6, 6.07) is 1.25. The average molecular weight is 360 g/mol. The summed E-state index contributed by atoms with van der Waals surface area (Å²) < 4.78 is 73.3. The maximum absolute atomic E-state index is 12.2. The Kier molecular flexibility index (Phi) is 4.28. The molecule has 1 heterocycles. The van der Waals surface area contributed by atoms with E-state index in [4.69, 9.17) is 20.9 Å². The van der Waals surface area contributed by atoms with Gasteiger partial charge in [0.15, 0.2) is 0 Å². The zero-order valence-electron chi connectivity index (χ0n) is 10.6. The SMILES string of the molecule is O=C(N[C@H]1COc2c(cc(Cl)cc2S(=O)(=O)O)C1)C(F)(F)F. The molecule has 0 bridgehead atoms. The highest BCUT2D eigenvalue weighted by Gasteiger charge is 2.40. The van der Waals surface area contributed by atoms with Gasteiger partial charge in [-0.3, -0.25) is 9.35 Å². The summed E-state index contributed by atoms with van der Waals surface area (Å²) in [5.41, 5.74) is 0.166. The van der Waals surface area contributed by atoms with Gasteiger partial charge in [-0.05, 0) is 24.1 Å². The van der Waals surface area contributed by atoms with Crippen LogP contribution in [0.1, 0.15) is 5.56 Å². The lowest BCUT2D eigenvalue weighted by Gasteiger charge is -2.27. The standard InChI is InChI=1S/C11H9ClF3NO5S/c12-6-1-5-2-7(16-10(17)11(13,14)15)4-21-9(5)8(3-6)22(18,19)20/h1,3,7H,2,4H2,(H,16,17)(H,18,19,20)/t7-/m1/s1. The molecule has 11 heteroatoms. The fourth-order valence-corrected chi connectivity index (χ4v) is 3.00. The predicted molar refractivity (Wildman–Crippen MR) is 68.5 cm³/mol. The number of benzene rings is 1. The fraction of sp³-hybridized carbons (Fsp3) is 0.364. The Hall–Kier alpha value is -1.52. The molecule has 1 aliphatic rings. The molecular formula is C11H9ClF3NO5S. The van der Waals surface area contributed by atoms with Crippen molar-refractivity contribution in [3.05, 3.63) is 22.7 Å². The first-order valence-corrected chi connectivity index (χ1v) is 7.60. The molecule has 6 nitrogen and oxygen atoms in total. The normalized spacial score (nSPS) is 18.3. The molecule has 0 aromatic heterocycles. The van der Waals surface area contributed by atoms with E-state index in [1.165, 1.54) is 6.07 Å². The van der Waals surface area contributed by atoms with Crippen LogP contribution in [0.3, 0.4) is 0 Å². The van der Waals surface area contributed by atoms with Crippen molar-refractivity contribution in [3.8, 4) is 5.75 Å². The van der Waals surface area contributed by atoms with Gasteiger partial charge in [0, 0.05) is 5.02 Å². The van der Waals surface area contributed by atoms with E-state index in [-0.39, 0.29) is 29.4 Å². The third-order valence-electron chi connectivity index (χ3n) is 2.86. The molecule has 122 valence electrons. The second-order valence-electron chi connectivity index (χ2n) is 4.55. The van der Waals surface area contributed by atoms with E-state index in [0.29, 0.717) is 0 Å². The van der Waals surface area contributed by atoms with Crippen LogP contribution in [0.25, 0.3) is 0 Å². The summed E-state index contributed by atoms with van der Waals surface area (Å²) in [4.78, 5) is 10.3. The Morgan fingerprint density at radius 1 is 1.41 bits per heavy atom. The second-order valence-corrected chi connectivity index (χ2v) is 6.38. The van der Waals surface area contributed by atoms with E-state index >= 15 is 0 Å². The molecule has 1 aromatic rings. The summed E-state index contributed by atoms with van der Waals surface area (Å²) in [7, 11) is -4.61. The molecule has 2 N–H and O–H groups in total. The van der Waals surface area contributed by atoms with Crippen LogP contribution >= 0.6 is 11.6 Å². The molecule has 0 radical (unpaired) electrons. The smallest absolute Gasteiger partial charge is 0.471 e. The molecule has 1 amide bonds. The lowest BCUT2D eigenvalue weighted by atomic mass is 10.0. The highest BCUT2D eigenvalue weighted by molar-refractivity contribution is 7.86. The minimum absolute atomic E-state index is 0.0437. The molecule has 1 atom stereocenters. The van der Waals surface area contributed by atoms with Crippen molar-refractivity contribution in [1.82, 2.24) is 5.32 Å². The van der Waals surface area contributed by atoms with Crippen molar-refractivity contribution in [2.75, 3.05) is 6.61 Å². The van der Waals surface area contributed by atoms with Crippen molar-refractivity contribution in [2.24, 2.45) is 0 Å². The minimum Gasteiger partial charge on any atom is -0.490 e. The van der Waals surface area contributed by atoms with Gasteiger partial charge in [0.1, 0.15) is 17.3 Å². The van der Waals surface area contributed by atoms with Crippen molar-refractivity contribution in [2.45, 2.75) is 23.5 Å². The van der Waals surface area contributed by atoms with Crippen LogP contribution < -0.4 is 10.1 Å². The van der Waals surface area contributed by atoms with Crippen molar-refractivity contribution in [3.63, 3.8) is 0 Å². The van der Waals surface area contributed by atoms with Gasteiger partial charge in [-0.2, -0.15) is 21.6 Å². The summed E-state index contributed by atoms with van der Waals surface area (Å²) >= 11 is 5.72. The number of ether oxygens (including phenoxy) is 1. The van der Waals surface area contributed by atoms with Crippen LogP contribution in [0.4, 0.5) is 13.2 Å². The van der Waals surface area contributed by atoms with Crippen LogP contribution in [-0.2, 0) is 21.3 Å². The predicted octanol–water partition coefficient (Wildman–Crippen LogP) is 1.57. The topological polar surface area (TPSA) is 92.7 Å². The minimum atomic E-state index is -5.03. The second kappa shape index (κ2) is 5.60. The summed E-state index contributed by atoms with van der Waals surface area (Å²) in [6.45, 7) is -0.376. The molecule has 0 aliphatic carbocycles. The van der Waals surface area contributed by atoms with Gasteiger partial charge >= 0.3 is 12.1 Å². The molecule has 0 fully saturated rings. The Balaban J connectivity index is 2.29. The number of amides is 1. The quantitative estimate of drug-likeness (QED) is 0.782. The van der Waals surface area contributed by atoms with Gasteiger partial charge in [-0.15, -0.1) is 0 Å². The van der Waals surface area contributed by atoms with E-state index in [9.17, 15) is 26.4 Å². The first-order chi connectivity index (χ1) is 9.98. The molecular weight excluding hydrogens is 351 g/mol. The van der Waals surface area contributed by atoms with Gasteiger partial charge in [-0.25, -0.2) is 0 Å². The van der Waals surface area contributed by atoms with Crippen molar-refractivity contribution in [1.29, 1.82) is 0 Å². The first-order valence-electron chi connectivity index (χ1n) is 5.79. The molecule has 2 rings (SSSR count). The highest BCUT2D eigenvalue weighted by Crippen LogP contribution is 2.35. The maximum Gasteiger partial charge on any atom is 0.471 e. The number of nitrogens with one attached hydrogen (secondary N) is 1. The summed E-state index contributed by atoms with van der Waals surface area (Å²) in [6.07, 6.45) is -5.16. The monoisotopic (exact) mass is 359 g/mol. The number of hydrogen-bond donors (Lipinski definition) is 2.